The number of aliphatic hydroxyl groups excluding tert-OH is 1. The van der Waals surface area contributed by atoms with Crippen LogP contribution in [0.4, 0.5) is 0 Å². The molecule has 13 heavy (non-hydrogen) atoms. The third-order valence-corrected chi connectivity index (χ3v) is 2.72. The lowest BCUT2D eigenvalue weighted by atomic mass is 10.4. The molecule has 8 heteroatoms. The molecule has 0 fully saturated rings. The minimum Gasteiger partial charge on any atom is -0.479 e. The second kappa shape index (κ2) is 4.51. The summed E-state index contributed by atoms with van der Waals surface area (Å²) in [5, 5.41) is 16.9. The summed E-state index contributed by atoms with van der Waals surface area (Å²) in [5.41, 5.74) is 0. The van der Waals surface area contributed by atoms with Gasteiger partial charge in [-0.15, -0.1) is 0 Å². The number of hydrogen-bond donors (Lipinski definition) is 3. The van der Waals surface area contributed by atoms with Gasteiger partial charge in [-0.2, -0.15) is 17.4 Å². The van der Waals surface area contributed by atoms with Gasteiger partial charge < -0.3 is 10.2 Å². The Labute approximate surface area is 76.2 Å². The maximum atomic E-state index is 11.0. The standard InChI is InChI=1S/C5H12N2O5S/c1-7(2)13(11,12)6-3-4(8)5(9)10/h4,6,8H,3H2,1-2H3,(H,9,10)/t4-/m0/s1. The molecule has 0 saturated heterocycles. The lowest BCUT2D eigenvalue weighted by Gasteiger charge is -2.13. The van der Waals surface area contributed by atoms with E-state index >= 15 is 0 Å². The van der Waals surface area contributed by atoms with Crippen molar-refractivity contribution < 1.29 is 23.4 Å². The number of carboxylic acids is 1. The molecule has 0 aliphatic carbocycles. The van der Waals surface area contributed by atoms with Crippen LogP contribution in [0.25, 0.3) is 0 Å². The quantitative estimate of drug-likeness (QED) is 0.480. The van der Waals surface area contributed by atoms with Crippen LogP contribution in [0.15, 0.2) is 0 Å². The maximum absolute atomic E-state index is 11.0. The molecule has 0 heterocycles. The molecule has 3 N–H and O–H groups in total. The van der Waals surface area contributed by atoms with Gasteiger partial charge in [0.1, 0.15) is 0 Å². The van der Waals surface area contributed by atoms with Crippen molar-refractivity contribution in [3.63, 3.8) is 0 Å². The molecule has 0 aromatic heterocycles. The molecule has 0 saturated carbocycles. The highest BCUT2D eigenvalue weighted by Crippen LogP contribution is 1.89. The van der Waals surface area contributed by atoms with Crippen molar-refractivity contribution in [2.24, 2.45) is 0 Å². The number of carbonyl (C=O) groups is 1. The highest BCUT2D eigenvalue weighted by atomic mass is 32.2. The summed E-state index contributed by atoms with van der Waals surface area (Å²) in [5.74, 6) is -1.47. The van der Waals surface area contributed by atoms with Gasteiger partial charge in [-0.3, -0.25) is 0 Å². The first-order valence-electron chi connectivity index (χ1n) is 3.35. The van der Waals surface area contributed by atoms with Gasteiger partial charge in [0.2, 0.25) is 0 Å². The fourth-order valence-corrected chi connectivity index (χ4v) is 1.03. The van der Waals surface area contributed by atoms with Gasteiger partial charge in [-0.05, 0) is 0 Å². The SMILES string of the molecule is CN(C)S(=O)(=O)NC[C@H](O)C(=O)O. The Morgan fingerprint density at radius 1 is 1.54 bits per heavy atom. The van der Waals surface area contributed by atoms with E-state index in [-0.39, 0.29) is 0 Å². The number of nitrogens with one attached hydrogen (secondary N) is 1. The molecule has 7 nitrogen and oxygen atoms in total. The number of aliphatic hydroxyl groups is 1. The molecule has 0 aromatic rings. The second-order valence-corrected chi connectivity index (χ2v) is 4.46. The zero-order valence-electron chi connectivity index (χ0n) is 7.26. The van der Waals surface area contributed by atoms with E-state index in [1.165, 1.54) is 14.1 Å². The first-order valence-corrected chi connectivity index (χ1v) is 4.79. The monoisotopic (exact) mass is 212 g/mol. The lowest BCUT2D eigenvalue weighted by Crippen LogP contribution is -2.41. The van der Waals surface area contributed by atoms with Crippen molar-refractivity contribution in [3.05, 3.63) is 0 Å². The first kappa shape index (κ1) is 12.3. The van der Waals surface area contributed by atoms with E-state index < -0.39 is 28.8 Å². The largest absolute Gasteiger partial charge is 0.479 e. The number of aliphatic carboxylic acids is 1. The fourth-order valence-electron chi connectivity index (χ4n) is 0.401. The van der Waals surface area contributed by atoms with Gasteiger partial charge in [-0.1, -0.05) is 0 Å². The van der Waals surface area contributed by atoms with Crippen LogP contribution < -0.4 is 4.72 Å². The Bertz CT molecular complexity index is 273. The smallest absolute Gasteiger partial charge is 0.333 e. The van der Waals surface area contributed by atoms with Crippen molar-refractivity contribution in [3.8, 4) is 0 Å². The second-order valence-electron chi connectivity index (χ2n) is 2.49. The average Bonchev–Trinajstić information content (AvgIpc) is 1.99. The molecule has 78 valence electrons. The third kappa shape index (κ3) is 4.18. The van der Waals surface area contributed by atoms with E-state index in [0.717, 1.165) is 4.31 Å². The average molecular weight is 212 g/mol. The summed E-state index contributed by atoms with van der Waals surface area (Å²) in [7, 11) is -1.09. The summed E-state index contributed by atoms with van der Waals surface area (Å²) >= 11 is 0. The van der Waals surface area contributed by atoms with E-state index in [0.29, 0.717) is 0 Å². The van der Waals surface area contributed by atoms with Crippen LogP contribution in [0, 0.1) is 0 Å². The predicted molar refractivity (Wildman–Crippen MR) is 44.3 cm³/mol. The highest BCUT2D eigenvalue weighted by molar-refractivity contribution is 7.87. The molecule has 0 aliphatic rings. The molecule has 0 unspecified atom stereocenters. The Morgan fingerprint density at radius 3 is 2.31 bits per heavy atom. The molecule has 0 amide bonds. The van der Waals surface area contributed by atoms with E-state index in [1.807, 2.05) is 4.72 Å². The van der Waals surface area contributed by atoms with E-state index in [4.69, 9.17) is 10.2 Å². The van der Waals surface area contributed by atoms with Crippen LogP contribution in [-0.2, 0) is 15.0 Å². The summed E-state index contributed by atoms with van der Waals surface area (Å²) in [4.78, 5) is 10.1. The molecule has 0 aliphatic heterocycles. The predicted octanol–water partition coefficient (Wildman–Crippen LogP) is -2.17. The topological polar surface area (TPSA) is 107 Å². The van der Waals surface area contributed by atoms with Gasteiger partial charge in [-0.25, -0.2) is 4.79 Å². The van der Waals surface area contributed by atoms with Gasteiger partial charge >= 0.3 is 5.97 Å². The van der Waals surface area contributed by atoms with Gasteiger partial charge in [0.05, 0.1) is 0 Å². The van der Waals surface area contributed by atoms with Crippen molar-refractivity contribution in [1.82, 2.24) is 9.03 Å². The van der Waals surface area contributed by atoms with Crippen LogP contribution in [0.5, 0.6) is 0 Å². The van der Waals surface area contributed by atoms with E-state index in [9.17, 15) is 13.2 Å². The molecular formula is C5H12N2O5S. The molecule has 0 radical (unpaired) electrons. The lowest BCUT2D eigenvalue weighted by molar-refractivity contribution is -0.146. The minimum atomic E-state index is -3.67. The Morgan fingerprint density at radius 2 is 2.00 bits per heavy atom. The first-order chi connectivity index (χ1) is 5.77. The van der Waals surface area contributed by atoms with Crippen LogP contribution in [0.1, 0.15) is 0 Å². The van der Waals surface area contributed by atoms with Gasteiger partial charge in [0.25, 0.3) is 10.2 Å². The van der Waals surface area contributed by atoms with Gasteiger partial charge in [0, 0.05) is 20.6 Å². The third-order valence-electron chi connectivity index (χ3n) is 1.22. The molecular weight excluding hydrogens is 200 g/mol. The van der Waals surface area contributed by atoms with Crippen LogP contribution >= 0.6 is 0 Å². The van der Waals surface area contributed by atoms with E-state index in [1.54, 1.807) is 0 Å². The highest BCUT2D eigenvalue weighted by Gasteiger charge is 2.18. The molecule has 0 rings (SSSR count). The zero-order chi connectivity index (χ0) is 10.6. The summed E-state index contributed by atoms with van der Waals surface area (Å²) < 4.78 is 24.7. The molecule has 0 bridgehead atoms. The molecule has 0 spiro atoms. The summed E-state index contributed by atoms with van der Waals surface area (Å²) in [6.45, 7) is -0.546. The fraction of sp³-hybridized carbons (Fsp3) is 0.800. The normalized spacial score (nSPS) is 14.5. The van der Waals surface area contributed by atoms with Crippen molar-refractivity contribution in [2.45, 2.75) is 6.10 Å². The Hall–Kier alpha value is -0.700. The summed E-state index contributed by atoms with van der Waals surface area (Å²) in [6.07, 6.45) is -1.73. The van der Waals surface area contributed by atoms with Crippen molar-refractivity contribution in [2.75, 3.05) is 20.6 Å². The number of rotatable bonds is 5. The Kier molecular flexibility index (Phi) is 4.27. The number of hydrogen-bond acceptors (Lipinski definition) is 4. The maximum Gasteiger partial charge on any atom is 0.333 e. The zero-order valence-corrected chi connectivity index (χ0v) is 8.08. The van der Waals surface area contributed by atoms with Crippen LogP contribution in [-0.4, -0.2) is 55.6 Å². The number of nitrogens with zero attached hydrogens (tertiary/aromatic N) is 1. The molecule has 0 aromatic carbocycles. The summed E-state index contributed by atoms with van der Waals surface area (Å²) in [6, 6.07) is 0. The van der Waals surface area contributed by atoms with Gasteiger partial charge in [0.15, 0.2) is 6.10 Å². The molecule has 1 atom stereocenters. The Balaban J connectivity index is 4.11. The van der Waals surface area contributed by atoms with E-state index in [2.05, 4.69) is 0 Å². The van der Waals surface area contributed by atoms with Crippen LogP contribution in [0.2, 0.25) is 0 Å². The van der Waals surface area contributed by atoms with Crippen molar-refractivity contribution in [1.29, 1.82) is 0 Å². The minimum absolute atomic E-state index is 0.546. The van der Waals surface area contributed by atoms with Crippen LogP contribution in [0.3, 0.4) is 0 Å². The van der Waals surface area contributed by atoms with Crippen molar-refractivity contribution >= 4 is 16.2 Å². The number of carboxylic acid groups (broad SMARTS) is 1.